The monoisotopic (exact) mass is 513 g/mol. The summed E-state index contributed by atoms with van der Waals surface area (Å²) >= 11 is 0. The van der Waals surface area contributed by atoms with E-state index in [2.05, 4.69) is 26.9 Å². The molecule has 7 heteroatoms. The summed E-state index contributed by atoms with van der Waals surface area (Å²) in [4.78, 5) is 0. The average Bonchev–Trinajstić information content (AvgIpc) is 3.21. The van der Waals surface area contributed by atoms with E-state index in [1.165, 1.54) is 43.7 Å². The van der Waals surface area contributed by atoms with E-state index in [0.717, 1.165) is 61.7 Å². The van der Waals surface area contributed by atoms with Gasteiger partial charge in [0.2, 0.25) is 0 Å². The Morgan fingerprint density at radius 2 is 1.70 bits per heavy atom. The Morgan fingerprint density at radius 3 is 2.46 bits per heavy atom. The standard InChI is InChI=1S/C30H38F3N3O/c31-30(32,33)37-29-9-5-4-8-26(29)22-10-15-28-27(18-22)23(16-17-35-25-13-11-24(34)12-14-25)20-36(28)19-21-6-2-1-3-7-21/h4-5,8-10,15,18,20-21,24-25,35H,1-3,6-7,11-14,16-17,19,34H2/t24-,25-. The SMILES string of the molecule is N[C@H]1CC[C@H](NCCc2cn(CC3CCCCC3)c3ccc(-c4ccccc4OC(F)(F)F)cc23)CC1. The summed E-state index contributed by atoms with van der Waals surface area (Å²) in [6.45, 7) is 1.87. The highest BCUT2D eigenvalue weighted by atomic mass is 19.4. The Hall–Kier alpha value is -2.51. The highest BCUT2D eigenvalue weighted by Crippen LogP contribution is 2.37. The number of nitrogens with zero attached hydrogens (tertiary/aromatic N) is 1. The molecule has 3 aromatic rings. The number of rotatable bonds is 8. The maximum atomic E-state index is 13.1. The summed E-state index contributed by atoms with van der Waals surface area (Å²) in [7, 11) is 0. The fourth-order valence-corrected chi connectivity index (χ4v) is 6.19. The number of fused-ring (bicyclic) bond motifs is 1. The summed E-state index contributed by atoms with van der Waals surface area (Å²) < 4.78 is 45.9. The van der Waals surface area contributed by atoms with Gasteiger partial charge in [-0.05, 0) is 86.7 Å². The van der Waals surface area contributed by atoms with Gasteiger partial charge in [0.05, 0.1) is 0 Å². The number of ether oxygens (including phenoxy) is 1. The molecule has 0 saturated heterocycles. The normalized spacial score (nSPS) is 21.4. The first-order chi connectivity index (χ1) is 17.9. The summed E-state index contributed by atoms with van der Waals surface area (Å²) in [6, 6.07) is 13.3. The Kier molecular flexibility index (Phi) is 8.10. The molecule has 37 heavy (non-hydrogen) atoms. The van der Waals surface area contributed by atoms with Crippen molar-refractivity contribution in [3.63, 3.8) is 0 Å². The van der Waals surface area contributed by atoms with Crippen molar-refractivity contribution in [1.82, 2.24) is 9.88 Å². The summed E-state index contributed by atoms with van der Waals surface area (Å²) in [6.07, 6.45) is 9.25. The molecule has 2 fully saturated rings. The molecule has 0 radical (unpaired) electrons. The second kappa shape index (κ2) is 11.5. The number of nitrogens with two attached hydrogens (primary N) is 1. The molecular formula is C30H38F3N3O. The van der Waals surface area contributed by atoms with Crippen molar-refractivity contribution >= 4 is 10.9 Å². The van der Waals surface area contributed by atoms with Crippen molar-refractivity contribution < 1.29 is 17.9 Å². The van der Waals surface area contributed by atoms with Gasteiger partial charge in [-0.1, -0.05) is 43.5 Å². The van der Waals surface area contributed by atoms with Crippen LogP contribution in [0.25, 0.3) is 22.0 Å². The lowest BCUT2D eigenvalue weighted by molar-refractivity contribution is -0.274. The zero-order valence-corrected chi connectivity index (χ0v) is 21.4. The minimum absolute atomic E-state index is 0.172. The molecule has 2 saturated carbocycles. The van der Waals surface area contributed by atoms with E-state index in [4.69, 9.17) is 5.73 Å². The lowest BCUT2D eigenvalue weighted by Crippen LogP contribution is -2.38. The molecule has 1 heterocycles. The Bertz CT molecular complexity index is 1170. The maximum absolute atomic E-state index is 13.1. The third-order valence-corrected chi connectivity index (χ3v) is 8.17. The van der Waals surface area contributed by atoms with Gasteiger partial charge in [-0.15, -0.1) is 13.2 Å². The maximum Gasteiger partial charge on any atom is 0.573 e. The largest absolute Gasteiger partial charge is 0.573 e. The molecule has 1 aromatic heterocycles. The van der Waals surface area contributed by atoms with E-state index >= 15 is 0 Å². The van der Waals surface area contributed by atoms with Crippen LogP contribution in [0, 0.1) is 5.92 Å². The van der Waals surface area contributed by atoms with Gasteiger partial charge in [-0.25, -0.2) is 0 Å². The van der Waals surface area contributed by atoms with Crippen LogP contribution in [0.4, 0.5) is 13.2 Å². The van der Waals surface area contributed by atoms with Crippen LogP contribution < -0.4 is 15.8 Å². The van der Waals surface area contributed by atoms with Gasteiger partial charge in [0.25, 0.3) is 0 Å². The van der Waals surface area contributed by atoms with Crippen molar-refractivity contribution in [3.05, 3.63) is 54.2 Å². The van der Waals surface area contributed by atoms with Gasteiger partial charge in [0.1, 0.15) is 5.75 Å². The fraction of sp³-hybridized carbons (Fsp3) is 0.533. The Labute approximate surface area is 217 Å². The van der Waals surface area contributed by atoms with Gasteiger partial charge in [-0.2, -0.15) is 0 Å². The quantitative estimate of drug-likeness (QED) is 0.335. The van der Waals surface area contributed by atoms with Crippen LogP contribution in [0.3, 0.4) is 0 Å². The molecule has 5 rings (SSSR count). The van der Waals surface area contributed by atoms with Crippen molar-refractivity contribution in [2.75, 3.05) is 6.54 Å². The van der Waals surface area contributed by atoms with Gasteiger partial charge < -0.3 is 20.4 Å². The number of alkyl halides is 3. The second-order valence-electron chi connectivity index (χ2n) is 10.9. The molecule has 2 aromatic carbocycles. The third kappa shape index (κ3) is 6.68. The van der Waals surface area contributed by atoms with Crippen molar-refractivity contribution in [2.45, 2.75) is 89.2 Å². The van der Waals surface area contributed by atoms with E-state index < -0.39 is 6.36 Å². The van der Waals surface area contributed by atoms with Crippen LogP contribution in [-0.2, 0) is 13.0 Å². The zero-order valence-electron chi connectivity index (χ0n) is 21.4. The smallest absolute Gasteiger partial charge is 0.405 e. The number of para-hydroxylation sites is 1. The van der Waals surface area contributed by atoms with Crippen LogP contribution in [0.1, 0.15) is 63.4 Å². The fourth-order valence-electron chi connectivity index (χ4n) is 6.19. The van der Waals surface area contributed by atoms with Crippen LogP contribution in [0.15, 0.2) is 48.7 Å². The molecule has 3 N–H and O–H groups in total. The average molecular weight is 514 g/mol. The molecule has 0 aliphatic heterocycles. The van der Waals surface area contributed by atoms with Crippen molar-refractivity contribution in [1.29, 1.82) is 0 Å². The Balaban J connectivity index is 1.42. The third-order valence-electron chi connectivity index (χ3n) is 8.17. The Morgan fingerprint density at radius 1 is 0.946 bits per heavy atom. The van der Waals surface area contributed by atoms with Gasteiger partial charge in [0, 0.05) is 41.3 Å². The number of aromatic nitrogens is 1. The number of hydrogen-bond donors (Lipinski definition) is 2. The van der Waals surface area contributed by atoms with E-state index in [0.29, 0.717) is 23.6 Å². The molecule has 0 spiro atoms. The van der Waals surface area contributed by atoms with E-state index in [1.807, 2.05) is 12.1 Å². The molecule has 0 unspecified atom stereocenters. The van der Waals surface area contributed by atoms with Crippen LogP contribution in [-0.4, -0.2) is 29.6 Å². The first-order valence-electron chi connectivity index (χ1n) is 13.8. The summed E-state index contributed by atoms with van der Waals surface area (Å²) in [5.41, 5.74) is 9.64. The first-order valence-corrected chi connectivity index (χ1v) is 13.8. The highest BCUT2D eigenvalue weighted by molar-refractivity contribution is 5.89. The van der Waals surface area contributed by atoms with E-state index in [1.54, 1.807) is 18.2 Å². The minimum atomic E-state index is -4.73. The van der Waals surface area contributed by atoms with Gasteiger partial charge in [-0.3, -0.25) is 0 Å². The van der Waals surface area contributed by atoms with E-state index in [-0.39, 0.29) is 5.75 Å². The first kappa shape index (κ1) is 26.1. The number of hydrogen-bond acceptors (Lipinski definition) is 3. The van der Waals surface area contributed by atoms with Crippen molar-refractivity contribution in [3.8, 4) is 16.9 Å². The number of benzene rings is 2. The summed E-state index contributed by atoms with van der Waals surface area (Å²) in [5, 5.41) is 4.83. The molecule has 2 aliphatic carbocycles. The summed E-state index contributed by atoms with van der Waals surface area (Å²) in [5.74, 6) is 0.511. The lowest BCUT2D eigenvalue weighted by atomic mass is 9.89. The van der Waals surface area contributed by atoms with E-state index in [9.17, 15) is 13.2 Å². The molecule has 4 nitrogen and oxygen atoms in total. The molecule has 0 amide bonds. The van der Waals surface area contributed by atoms with Gasteiger partial charge >= 0.3 is 6.36 Å². The number of nitrogens with one attached hydrogen (secondary N) is 1. The van der Waals surface area contributed by atoms with Crippen molar-refractivity contribution in [2.24, 2.45) is 11.7 Å². The van der Waals surface area contributed by atoms with Crippen LogP contribution in [0.5, 0.6) is 5.75 Å². The highest BCUT2D eigenvalue weighted by Gasteiger charge is 2.32. The molecule has 200 valence electrons. The second-order valence-corrected chi connectivity index (χ2v) is 10.9. The molecular weight excluding hydrogens is 475 g/mol. The minimum Gasteiger partial charge on any atom is -0.405 e. The predicted octanol–water partition coefficient (Wildman–Crippen LogP) is 7.19. The molecule has 0 bridgehead atoms. The number of halogens is 3. The van der Waals surface area contributed by atoms with Crippen LogP contribution >= 0.6 is 0 Å². The lowest BCUT2D eigenvalue weighted by Gasteiger charge is -2.26. The van der Waals surface area contributed by atoms with Gasteiger partial charge in [0.15, 0.2) is 0 Å². The zero-order chi connectivity index (χ0) is 25.8. The van der Waals surface area contributed by atoms with Crippen LogP contribution in [0.2, 0.25) is 0 Å². The predicted molar refractivity (Wildman–Crippen MR) is 143 cm³/mol. The molecule has 2 aliphatic rings. The topological polar surface area (TPSA) is 52.2 Å². The molecule has 0 atom stereocenters.